The van der Waals surface area contributed by atoms with Crippen molar-refractivity contribution in [3.8, 4) is 22.4 Å². The molecule has 0 amide bonds. The van der Waals surface area contributed by atoms with E-state index in [2.05, 4.69) is 27.1 Å². The molecule has 0 spiro atoms. The molecule has 0 aliphatic heterocycles. The van der Waals surface area contributed by atoms with Gasteiger partial charge in [-0.25, -0.2) is 19.7 Å². The molecular formula is C24H20N6O2. The van der Waals surface area contributed by atoms with Gasteiger partial charge >= 0.3 is 5.69 Å². The molecule has 0 atom stereocenters. The van der Waals surface area contributed by atoms with Crippen molar-refractivity contribution in [1.29, 1.82) is 0 Å². The normalized spacial score (nSPS) is 11.2. The fourth-order valence-electron chi connectivity index (χ4n) is 3.80. The van der Waals surface area contributed by atoms with Gasteiger partial charge in [-0.05, 0) is 11.1 Å². The Hall–Kier alpha value is -4.33. The number of aromatic nitrogens is 6. The van der Waals surface area contributed by atoms with Gasteiger partial charge in [0, 0.05) is 25.9 Å². The zero-order valence-corrected chi connectivity index (χ0v) is 17.6. The molecule has 0 saturated heterocycles. The van der Waals surface area contributed by atoms with E-state index in [1.54, 1.807) is 19.6 Å². The molecule has 0 fully saturated rings. The number of aryl methyl sites for hydroxylation is 1. The standard InChI is InChI=1S/C24H20N6O2/c1-28-13-19(23(31)29(2)24(28)32)17-8-10-18(11-9-17)20-21-22(26-14-25-20)30(15-27-21)12-16-6-4-3-5-7-16/h3-11,13-15H,12H2,1-2H3. The number of imidazole rings is 1. The van der Waals surface area contributed by atoms with Gasteiger partial charge in [-0.1, -0.05) is 54.6 Å². The summed E-state index contributed by atoms with van der Waals surface area (Å²) in [6.07, 6.45) is 4.88. The maximum Gasteiger partial charge on any atom is 0.330 e. The Balaban J connectivity index is 1.53. The smallest absolute Gasteiger partial charge is 0.311 e. The first-order chi connectivity index (χ1) is 15.5. The third-order valence-electron chi connectivity index (χ3n) is 5.51. The molecule has 0 bridgehead atoms. The van der Waals surface area contributed by atoms with Crippen LogP contribution in [0.1, 0.15) is 5.56 Å². The van der Waals surface area contributed by atoms with Crippen molar-refractivity contribution in [2.75, 3.05) is 0 Å². The van der Waals surface area contributed by atoms with E-state index in [1.807, 2.05) is 47.0 Å². The van der Waals surface area contributed by atoms with Crippen molar-refractivity contribution in [3.05, 3.63) is 99.9 Å². The highest BCUT2D eigenvalue weighted by Crippen LogP contribution is 2.26. The SMILES string of the molecule is Cn1cc(-c2ccc(-c3ncnc4c3ncn4Cc3ccccc3)cc2)c(=O)n(C)c1=O. The first kappa shape index (κ1) is 19.6. The second-order valence-corrected chi connectivity index (χ2v) is 7.63. The molecule has 5 rings (SSSR count). The lowest BCUT2D eigenvalue weighted by Gasteiger charge is -2.08. The van der Waals surface area contributed by atoms with Crippen molar-refractivity contribution in [3.63, 3.8) is 0 Å². The molecule has 0 saturated carbocycles. The predicted molar refractivity (Wildman–Crippen MR) is 122 cm³/mol. The van der Waals surface area contributed by atoms with Gasteiger partial charge < -0.3 is 9.13 Å². The molecule has 0 radical (unpaired) electrons. The van der Waals surface area contributed by atoms with Gasteiger partial charge in [-0.15, -0.1) is 0 Å². The highest BCUT2D eigenvalue weighted by molar-refractivity contribution is 5.87. The molecule has 8 nitrogen and oxygen atoms in total. The zero-order chi connectivity index (χ0) is 22.2. The van der Waals surface area contributed by atoms with Crippen LogP contribution in [0.25, 0.3) is 33.5 Å². The Labute approximate surface area is 183 Å². The van der Waals surface area contributed by atoms with Crippen LogP contribution in [0.2, 0.25) is 0 Å². The summed E-state index contributed by atoms with van der Waals surface area (Å²) >= 11 is 0. The molecule has 0 N–H and O–H groups in total. The number of rotatable bonds is 4. The lowest BCUT2D eigenvalue weighted by atomic mass is 10.0. The summed E-state index contributed by atoms with van der Waals surface area (Å²) < 4.78 is 4.51. The van der Waals surface area contributed by atoms with Crippen molar-refractivity contribution < 1.29 is 0 Å². The highest BCUT2D eigenvalue weighted by atomic mass is 16.2. The second kappa shape index (κ2) is 7.73. The fourth-order valence-corrected chi connectivity index (χ4v) is 3.80. The summed E-state index contributed by atoms with van der Waals surface area (Å²) in [6, 6.07) is 17.6. The van der Waals surface area contributed by atoms with Gasteiger partial charge in [-0.2, -0.15) is 0 Å². The molecule has 3 aromatic heterocycles. The molecule has 3 heterocycles. The first-order valence-electron chi connectivity index (χ1n) is 10.1. The van der Waals surface area contributed by atoms with Gasteiger partial charge in [-0.3, -0.25) is 9.36 Å². The number of hydrogen-bond acceptors (Lipinski definition) is 5. The molecule has 0 aliphatic rings. The summed E-state index contributed by atoms with van der Waals surface area (Å²) in [7, 11) is 3.11. The van der Waals surface area contributed by atoms with Crippen molar-refractivity contribution in [1.82, 2.24) is 28.7 Å². The zero-order valence-electron chi connectivity index (χ0n) is 17.6. The Morgan fingerprint density at radius 2 is 1.56 bits per heavy atom. The summed E-state index contributed by atoms with van der Waals surface area (Å²) in [5.74, 6) is 0. The fraction of sp³-hybridized carbons (Fsp3) is 0.125. The number of hydrogen-bond donors (Lipinski definition) is 0. The van der Waals surface area contributed by atoms with Crippen LogP contribution in [0.15, 0.2) is 83.0 Å². The van der Waals surface area contributed by atoms with Gasteiger partial charge in [0.1, 0.15) is 17.5 Å². The van der Waals surface area contributed by atoms with Crippen molar-refractivity contribution >= 4 is 11.2 Å². The number of benzene rings is 2. The van der Waals surface area contributed by atoms with E-state index in [4.69, 9.17) is 0 Å². The van der Waals surface area contributed by atoms with Crippen LogP contribution in [0, 0.1) is 0 Å². The predicted octanol–water partition coefficient (Wildman–Crippen LogP) is 2.61. The second-order valence-electron chi connectivity index (χ2n) is 7.63. The maximum atomic E-state index is 12.5. The van der Waals surface area contributed by atoms with Gasteiger partial charge in [0.15, 0.2) is 5.65 Å². The van der Waals surface area contributed by atoms with Crippen LogP contribution in [0.5, 0.6) is 0 Å². The third-order valence-corrected chi connectivity index (χ3v) is 5.51. The van der Waals surface area contributed by atoms with Gasteiger partial charge in [0.25, 0.3) is 5.56 Å². The Morgan fingerprint density at radius 3 is 2.31 bits per heavy atom. The van der Waals surface area contributed by atoms with Crippen LogP contribution in [-0.4, -0.2) is 28.7 Å². The molecule has 2 aromatic carbocycles. The van der Waals surface area contributed by atoms with Crippen molar-refractivity contribution in [2.45, 2.75) is 6.54 Å². The maximum absolute atomic E-state index is 12.5. The first-order valence-corrected chi connectivity index (χ1v) is 10.1. The lowest BCUT2D eigenvalue weighted by molar-refractivity contribution is 0.688. The minimum absolute atomic E-state index is 0.329. The molecular weight excluding hydrogens is 404 g/mol. The third kappa shape index (κ3) is 3.31. The summed E-state index contributed by atoms with van der Waals surface area (Å²) in [6.45, 7) is 0.669. The summed E-state index contributed by atoms with van der Waals surface area (Å²) in [4.78, 5) is 38.0. The molecule has 8 heteroatoms. The van der Waals surface area contributed by atoms with Crippen LogP contribution < -0.4 is 11.2 Å². The van der Waals surface area contributed by atoms with Crippen LogP contribution in [0.3, 0.4) is 0 Å². The molecule has 0 unspecified atom stereocenters. The molecule has 5 aromatic rings. The largest absolute Gasteiger partial charge is 0.330 e. The average molecular weight is 424 g/mol. The Bertz CT molecular complexity index is 1550. The van der Waals surface area contributed by atoms with E-state index in [-0.39, 0.29) is 11.2 Å². The Kier molecular flexibility index (Phi) is 4.74. The van der Waals surface area contributed by atoms with Crippen molar-refractivity contribution in [2.24, 2.45) is 14.1 Å². The number of nitrogens with zero attached hydrogens (tertiary/aromatic N) is 6. The minimum Gasteiger partial charge on any atom is -0.311 e. The average Bonchev–Trinajstić information content (AvgIpc) is 3.24. The van der Waals surface area contributed by atoms with E-state index in [0.717, 1.165) is 32.6 Å². The molecule has 158 valence electrons. The quantitative estimate of drug-likeness (QED) is 0.443. The topological polar surface area (TPSA) is 87.6 Å². The minimum atomic E-state index is -0.357. The van der Waals surface area contributed by atoms with E-state index in [0.29, 0.717) is 17.6 Å². The Morgan fingerprint density at radius 1 is 0.844 bits per heavy atom. The van der Waals surface area contributed by atoms with E-state index >= 15 is 0 Å². The van der Waals surface area contributed by atoms with E-state index in [1.165, 1.54) is 17.9 Å². The lowest BCUT2D eigenvalue weighted by Crippen LogP contribution is -2.37. The highest BCUT2D eigenvalue weighted by Gasteiger charge is 2.14. The van der Waals surface area contributed by atoms with Crippen LogP contribution in [0.4, 0.5) is 0 Å². The van der Waals surface area contributed by atoms with E-state index < -0.39 is 0 Å². The summed E-state index contributed by atoms with van der Waals surface area (Å²) in [5.41, 5.74) is 4.73. The monoisotopic (exact) mass is 424 g/mol. The van der Waals surface area contributed by atoms with Crippen LogP contribution in [-0.2, 0) is 20.6 Å². The van der Waals surface area contributed by atoms with Gasteiger partial charge in [0.05, 0.1) is 18.4 Å². The van der Waals surface area contributed by atoms with Gasteiger partial charge in [0.2, 0.25) is 0 Å². The molecule has 0 aliphatic carbocycles. The molecule has 32 heavy (non-hydrogen) atoms. The van der Waals surface area contributed by atoms with Crippen LogP contribution >= 0.6 is 0 Å². The summed E-state index contributed by atoms with van der Waals surface area (Å²) in [5, 5.41) is 0. The number of fused-ring (bicyclic) bond motifs is 1. The van der Waals surface area contributed by atoms with E-state index in [9.17, 15) is 9.59 Å².